The van der Waals surface area contributed by atoms with Crippen LogP contribution in [0.3, 0.4) is 0 Å². The predicted molar refractivity (Wildman–Crippen MR) is 66.8 cm³/mol. The van der Waals surface area contributed by atoms with Crippen molar-refractivity contribution in [3.05, 3.63) is 35.5 Å². The molecule has 5 nitrogen and oxygen atoms in total. The zero-order valence-corrected chi connectivity index (χ0v) is 10.8. The molecule has 3 heterocycles. The van der Waals surface area contributed by atoms with Crippen LogP contribution in [0.1, 0.15) is 35.9 Å². The Bertz CT molecular complexity index is 531. The number of likely N-dealkylation sites (tertiary alicyclic amines) is 1. The van der Waals surface area contributed by atoms with Crippen molar-refractivity contribution in [1.82, 2.24) is 19.8 Å². The van der Waals surface area contributed by atoms with Crippen LogP contribution in [0.15, 0.2) is 23.0 Å². The second-order valence-electron chi connectivity index (χ2n) is 5.00. The Morgan fingerprint density at radius 1 is 1.50 bits per heavy atom. The lowest BCUT2D eigenvalue weighted by molar-refractivity contribution is 0.240. The highest BCUT2D eigenvalue weighted by Gasteiger charge is 2.27. The van der Waals surface area contributed by atoms with Gasteiger partial charge in [-0.15, -0.1) is 0 Å². The SMILES string of the molecule is Cc1cc(CN2CCCC2c2cnn(C)c2)no1. The van der Waals surface area contributed by atoms with E-state index in [1.165, 1.54) is 18.4 Å². The molecule has 0 aromatic carbocycles. The maximum Gasteiger partial charge on any atom is 0.133 e. The summed E-state index contributed by atoms with van der Waals surface area (Å²) >= 11 is 0. The summed E-state index contributed by atoms with van der Waals surface area (Å²) in [5, 5.41) is 8.34. The quantitative estimate of drug-likeness (QED) is 0.831. The van der Waals surface area contributed by atoms with E-state index in [9.17, 15) is 0 Å². The zero-order valence-electron chi connectivity index (χ0n) is 10.8. The Hall–Kier alpha value is -1.62. The molecule has 18 heavy (non-hydrogen) atoms. The Kier molecular flexibility index (Phi) is 2.91. The molecule has 0 bridgehead atoms. The molecule has 1 fully saturated rings. The Morgan fingerprint density at radius 3 is 3.06 bits per heavy atom. The first-order valence-corrected chi connectivity index (χ1v) is 6.37. The lowest BCUT2D eigenvalue weighted by atomic mass is 10.1. The molecular weight excluding hydrogens is 228 g/mol. The van der Waals surface area contributed by atoms with E-state index in [4.69, 9.17) is 4.52 Å². The van der Waals surface area contributed by atoms with E-state index in [2.05, 4.69) is 21.4 Å². The number of aryl methyl sites for hydroxylation is 2. The van der Waals surface area contributed by atoms with Crippen LogP contribution in [0.5, 0.6) is 0 Å². The second kappa shape index (κ2) is 4.57. The summed E-state index contributed by atoms with van der Waals surface area (Å²) in [5.74, 6) is 0.877. The van der Waals surface area contributed by atoms with E-state index < -0.39 is 0 Å². The zero-order chi connectivity index (χ0) is 12.5. The monoisotopic (exact) mass is 246 g/mol. The van der Waals surface area contributed by atoms with Gasteiger partial charge in [-0.1, -0.05) is 5.16 Å². The lowest BCUT2D eigenvalue weighted by Crippen LogP contribution is -2.22. The summed E-state index contributed by atoms with van der Waals surface area (Å²) in [4.78, 5) is 2.45. The van der Waals surface area contributed by atoms with Gasteiger partial charge in [0.2, 0.25) is 0 Å². The molecule has 3 rings (SSSR count). The molecule has 0 aliphatic carbocycles. The maximum absolute atomic E-state index is 5.13. The Labute approximate surface area is 106 Å². The fraction of sp³-hybridized carbons (Fsp3) is 0.538. The van der Waals surface area contributed by atoms with Crippen LogP contribution < -0.4 is 0 Å². The van der Waals surface area contributed by atoms with E-state index in [0.29, 0.717) is 6.04 Å². The van der Waals surface area contributed by atoms with Gasteiger partial charge in [0.15, 0.2) is 0 Å². The van der Waals surface area contributed by atoms with Gasteiger partial charge in [0.1, 0.15) is 5.76 Å². The van der Waals surface area contributed by atoms with E-state index in [1.54, 1.807) is 0 Å². The van der Waals surface area contributed by atoms with Gasteiger partial charge in [-0.05, 0) is 26.3 Å². The van der Waals surface area contributed by atoms with E-state index in [1.807, 2.05) is 30.9 Å². The minimum atomic E-state index is 0.468. The smallest absolute Gasteiger partial charge is 0.133 e. The fourth-order valence-electron chi connectivity index (χ4n) is 2.71. The van der Waals surface area contributed by atoms with Gasteiger partial charge in [0.05, 0.1) is 11.9 Å². The summed E-state index contributed by atoms with van der Waals surface area (Å²) < 4.78 is 6.99. The second-order valence-corrected chi connectivity index (χ2v) is 5.00. The van der Waals surface area contributed by atoms with E-state index in [-0.39, 0.29) is 0 Å². The topological polar surface area (TPSA) is 47.1 Å². The molecule has 0 radical (unpaired) electrons. The maximum atomic E-state index is 5.13. The molecule has 1 aliphatic heterocycles. The third kappa shape index (κ3) is 2.18. The first-order valence-electron chi connectivity index (χ1n) is 6.37. The molecular formula is C13H18N4O. The highest BCUT2D eigenvalue weighted by Crippen LogP contribution is 2.32. The Morgan fingerprint density at radius 2 is 2.39 bits per heavy atom. The van der Waals surface area contributed by atoms with Crippen molar-refractivity contribution in [3.8, 4) is 0 Å². The van der Waals surface area contributed by atoms with Crippen LogP contribution in [0.4, 0.5) is 0 Å². The highest BCUT2D eigenvalue weighted by molar-refractivity contribution is 5.13. The van der Waals surface area contributed by atoms with Gasteiger partial charge in [-0.3, -0.25) is 9.58 Å². The third-order valence-electron chi connectivity index (χ3n) is 3.52. The average molecular weight is 246 g/mol. The summed E-state index contributed by atoms with van der Waals surface area (Å²) in [6, 6.07) is 2.48. The lowest BCUT2D eigenvalue weighted by Gasteiger charge is -2.22. The average Bonchev–Trinajstić information content (AvgIpc) is 3.01. The molecule has 0 amide bonds. The first kappa shape index (κ1) is 11.5. The number of nitrogens with zero attached hydrogens (tertiary/aromatic N) is 4. The van der Waals surface area contributed by atoms with Crippen LogP contribution in [0.25, 0.3) is 0 Å². The molecule has 1 aliphatic rings. The molecule has 5 heteroatoms. The minimum Gasteiger partial charge on any atom is -0.361 e. The molecule has 1 atom stereocenters. The van der Waals surface area contributed by atoms with Crippen molar-refractivity contribution in [2.24, 2.45) is 7.05 Å². The van der Waals surface area contributed by atoms with Gasteiger partial charge in [0, 0.05) is 37.5 Å². The van der Waals surface area contributed by atoms with Crippen molar-refractivity contribution in [2.75, 3.05) is 6.54 Å². The summed E-state index contributed by atoms with van der Waals surface area (Å²) in [6.07, 6.45) is 6.51. The van der Waals surface area contributed by atoms with Crippen LogP contribution in [0.2, 0.25) is 0 Å². The predicted octanol–water partition coefficient (Wildman–Crippen LogP) is 2.05. The van der Waals surface area contributed by atoms with E-state index >= 15 is 0 Å². The fourth-order valence-corrected chi connectivity index (χ4v) is 2.71. The molecule has 2 aromatic heterocycles. The molecule has 2 aromatic rings. The van der Waals surface area contributed by atoms with Gasteiger partial charge in [-0.25, -0.2) is 0 Å². The molecule has 96 valence electrons. The highest BCUT2D eigenvalue weighted by atomic mass is 16.5. The summed E-state index contributed by atoms with van der Waals surface area (Å²) in [7, 11) is 1.96. The summed E-state index contributed by atoms with van der Waals surface area (Å²) in [5.41, 5.74) is 2.32. The van der Waals surface area contributed by atoms with Gasteiger partial charge in [0.25, 0.3) is 0 Å². The van der Waals surface area contributed by atoms with Crippen molar-refractivity contribution in [1.29, 1.82) is 0 Å². The molecule has 0 spiro atoms. The number of aromatic nitrogens is 3. The molecule has 0 N–H and O–H groups in total. The van der Waals surface area contributed by atoms with Crippen LogP contribution in [-0.4, -0.2) is 26.4 Å². The van der Waals surface area contributed by atoms with Crippen LogP contribution in [-0.2, 0) is 13.6 Å². The number of rotatable bonds is 3. The number of hydrogen-bond acceptors (Lipinski definition) is 4. The molecule has 1 saturated heterocycles. The van der Waals surface area contributed by atoms with Crippen molar-refractivity contribution < 1.29 is 4.52 Å². The van der Waals surface area contributed by atoms with Gasteiger partial charge < -0.3 is 4.52 Å². The first-order chi connectivity index (χ1) is 8.72. The Balaban J connectivity index is 1.75. The number of hydrogen-bond donors (Lipinski definition) is 0. The van der Waals surface area contributed by atoms with Crippen LogP contribution >= 0.6 is 0 Å². The van der Waals surface area contributed by atoms with E-state index in [0.717, 1.165) is 24.5 Å². The van der Waals surface area contributed by atoms with Gasteiger partial charge >= 0.3 is 0 Å². The third-order valence-corrected chi connectivity index (χ3v) is 3.52. The largest absolute Gasteiger partial charge is 0.361 e. The van der Waals surface area contributed by atoms with Crippen molar-refractivity contribution in [3.63, 3.8) is 0 Å². The van der Waals surface area contributed by atoms with Crippen molar-refractivity contribution >= 4 is 0 Å². The molecule has 1 unspecified atom stereocenters. The standard InChI is InChI=1S/C13H18N4O/c1-10-6-12(15-18-10)9-17-5-3-4-13(17)11-7-14-16(2)8-11/h6-8,13H,3-5,9H2,1-2H3. The van der Waals surface area contributed by atoms with Gasteiger partial charge in [-0.2, -0.15) is 5.10 Å². The van der Waals surface area contributed by atoms with Crippen molar-refractivity contribution in [2.45, 2.75) is 32.4 Å². The normalized spacial score (nSPS) is 20.7. The molecule has 0 saturated carbocycles. The van der Waals surface area contributed by atoms with Crippen LogP contribution in [0, 0.1) is 6.92 Å². The summed E-state index contributed by atoms with van der Waals surface area (Å²) in [6.45, 7) is 3.90. The minimum absolute atomic E-state index is 0.468.